The SMILES string of the molecule is COC(=O)c1cc(OC)ccc1NC(=O)c1ccc(S(=O)(=O)C(C)C)cc1. The maximum Gasteiger partial charge on any atom is 0.340 e. The molecule has 8 heteroatoms. The molecule has 2 aromatic carbocycles. The number of esters is 1. The minimum Gasteiger partial charge on any atom is -0.497 e. The number of hydrogen-bond donors (Lipinski definition) is 1. The Morgan fingerprint density at radius 2 is 1.63 bits per heavy atom. The van der Waals surface area contributed by atoms with E-state index in [9.17, 15) is 18.0 Å². The number of amides is 1. The zero-order valence-corrected chi connectivity index (χ0v) is 16.3. The molecule has 0 aliphatic carbocycles. The van der Waals surface area contributed by atoms with Crippen LogP contribution in [0.5, 0.6) is 5.75 Å². The van der Waals surface area contributed by atoms with Gasteiger partial charge in [0, 0.05) is 5.56 Å². The summed E-state index contributed by atoms with van der Waals surface area (Å²) in [5.74, 6) is -0.668. The van der Waals surface area contributed by atoms with Crippen LogP contribution in [-0.2, 0) is 14.6 Å². The molecule has 0 atom stereocenters. The van der Waals surface area contributed by atoms with E-state index in [1.807, 2.05) is 0 Å². The van der Waals surface area contributed by atoms with Gasteiger partial charge in [0.25, 0.3) is 5.91 Å². The largest absolute Gasteiger partial charge is 0.497 e. The predicted octanol–water partition coefficient (Wildman–Crippen LogP) is 2.92. The molecule has 0 saturated carbocycles. The number of rotatable bonds is 6. The van der Waals surface area contributed by atoms with E-state index in [2.05, 4.69) is 5.32 Å². The van der Waals surface area contributed by atoms with Crippen molar-refractivity contribution >= 4 is 27.4 Å². The van der Waals surface area contributed by atoms with Crippen LogP contribution in [0.2, 0.25) is 0 Å². The van der Waals surface area contributed by atoms with E-state index in [1.165, 1.54) is 50.6 Å². The van der Waals surface area contributed by atoms with Crippen LogP contribution in [0.3, 0.4) is 0 Å². The normalized spacial score (nSPS) is 11.1. The quantitative estimate of drug-likeness (QED) is 0.760. The molecule has 1 amide bonds. The summed E-state index contributed by atoms with van der Waals surface area (Å²) in [5.41, 5.74) is 0.653. The molecule has 7 nitrogen and oxygen atoms in total. The minimum absolute atomic E-state index is 0.143. The molecular weight excluding hydrogens is 370 g/mol. The Morgan fingerprint density at radius 1 is 1.00 bits per heavy atom. The summed E-state index contributed by atoms with van der Waals surface area (Å²) in [4.78, 5) is 24.6. The lowest BCUT2D eigenvalue weighted by Crippen LogP contribution is -2.17. The molecule has 0 fully saturated rings. The fraction of sp³-hybridized carbons (Fsp3) is 0.263. The highest BCUT2D eigenvalue weighted by atomic mass is 32.2. The molecule has 27 heavy (non-hydrogen) atoms. The van der Waals surface area contributed by atoms with Gasteiger partial charge in [0.2, 0.25) is 0 Å². The van der Waals surface area contributed by atoms with Gasteiger partial charge in [-0.15, -0.1) is 0 Å². The van der Waals surface area contributed by atoms with Gasteiger partial charge in [-0.1, -0.05) is 0 Å². The van der Waals surface area contributed by atoms with Crippen molar-refractivity contribution < 1.29 is 27.5 Å². The van der Waals surface area contributed by atoms with Gasteiger partial charge in [-0.05, 0) is 56.3 Å². The third-order valence-electron chi connectivity index (χ3n) is 3.95. The van der Waals surface area contributed by atoms with Gasteiger partial charge in [0.15, 0.2) is 9.84 Å². The van der Waals surface area contributed by atoms with Crippen molar-refractivity contribution in [2.45, 2.75) is 24.0 Å². The Labute approximate surface area is 158 Å². The van der Waals surface area contributed by atoms with Gasteiger partial charge >= 0.3 is 5.97 Å². The number of ether oxygens (including phenoxy) is 2. The first-order chi connectivity index (χ1) is 12.7. The molecule has 1 N–H and O–H groups in total. The van der Waals surface area contributed by atoms with Gasteiger partial charge in [-0.2, -0.15) is 0 Å². The van der Waals surface area contributed by atoms with E-state index in [4.69, 9.17) is 9.47 Å². The predicted molar refractivity (Wildman–Crippen MR) is 101 cm³/mol. The monoisotopic (exact) mass is 391 g/mol. The number of benzene rings is 2. The maximum atomic E-state index is 12.5. The molecule has 2 rings (SSSR count). The second kappa shape index (κ2) is 8.22. The van der Waals surface area contributed by atoms with Gasteiger partial charge in [-0.3, -0.25) is 4.79 Å². The summed E-state index contributed by atoms with van der Waals surface area (Å²) in [5, 5.41) is 2.07. The molecule has 0 aliphatic rings. The number of carbonyl (C=O) groups is 2. The summed E-state index contributed by atoms with van der Waals surface area (Å²) < 4.78 is 34.1. The third kappa shape index (κ3) is 4.46. The van der Waals surface area contributed by atoms with Crippen molar-refractivity contribution in [3.05, 3.63) is 53.6 Å². The summed E-state index contributed by atoms with van der Waals surface area (Å²) in [6.45, 7) is 3.18. The molecule has 0 heterocycles. The average Bonchev–Trinajstić information content (AvgIpc) is 2.67. The number of carbonyl (C=O) groups excluding carboxylic acids is 2. The van der Waals surface area contributed by atoms with Crippen molar-refractivity contribution in [3.63, 3.8) is 0 Å². The summed E-state index contributed by atoms with van der Waals surface area (Å²) in [6.07, 6.45) is 0. The topological polar surface area (TPSA) is 98.8 Å². The molecule has 0 unspecified atom stereocenters. The van der Waals surface area contributed by atoms with Gasteiger partial charge in [-0.25, -0.2) is 13.2 Å². The lowest BCUT2D eigenvalue weighted by atomic mass is 10.1. The van der Waals surface area contributed by atoms with Crippen LogP contribution < -0.4 is 10.1 Å². The van der Waals surface area contributed by atoms with Crippen LogP contribution in [0.25, 0.3) is 0 Å². The fourth-order valence-electron chi connectivity index (χ4n) is 2.30. The van der Waals surface area contributed by atoms with Crippen LogP contribution >= 0.6 is 0 Å². The third-order valence-corrected chi connectivity index (χ3v) is 6.12. The van der Waals surface area contributed by atoms with Gasteiger partial charge < -0.3 is 14.8 Å². The Bertz CT molecular complexity index is 949. The highest BCUT2D eigenvalue weighted by Crippen LogP contribution is 2.24. The molecular formula is C19H21NO6S. The van der Waals surface area contributed by atoms with E-state index in [-0.39, 0.29) is 21.7 Å². The second-order valence-corrected chi connectivity index (χ2v) is 8.48. The lowest BCUT2D eigenvalue weighted by Gasteiger charge is -2.12. The van der Waals surface area contributed by atoms with Crippen LogP contribution in [-0.4, -0.2) is 39.8 Å². The minimum atomic E-state index is -3.41. The van der Waals surface area contributed by atoms with E-state index in [1.54, 1.807) is 19.9 Å². The molecule has 0 bridgehead atoms. The molecule has 144 valence electrons. The summed E-state index contributed by atoms with van der Waals surface area (Å²) in [7, 11) is -0.717. The van der Waals surface area contributed by atoms with Crippen LogP contribution in [0.1, 0.15) is 34.6 Å². The second-order valence-electron chi connectivity index (χ2n) is 5.98. The number of hydrogen-bond acceptors (Lipinski definition) is 6. The van der Waals surface area contributed by atoms with Gasteiger partial charge in [0.1, 0.15) is 5.75 Å². The first-order valence-corrected chi connectivity index (χ1v) is 9.67. The molecule has 0 aliphatic heterocycles. The fourth-order valence-corrected chi connectivity index (χ4v) is 3.36. The van der Waals surface area contributed by atoms with E-state index in [0.717, 1.165) is 0 Å². The average molecular weight is 391 g/mol. The van der Waals surface area contributed by atoms with Crippen molar-refractivity contribution in [1.29, 1.82) is 0 Å². The molecule has 0 aromatic heterocycles. The Balaban J connectivity index is 2.29. The van der Waals surface area contributed by atoms with Crippen molar-refractivity contribution in [2.75, 3.05) is 19.5 Å². The first-order valence-electron chi connectivity index (χ1n) is 8.12. The highest BCUT2D eigenvalue weighted by molar-refractivity contribution is 7.92. The van der Waals surface area contributed by atoms with E-state index >= 15 is 0 Å². The zero-order valence-electron chi connectivity index (χ0n) is 15.5. The van der Waals surface area contributed by atoms with Crippen molar-refractivity contribution in [3.8, 4) is 5.75 Å². The number of anilines is 1. The Kier molecular flexibility index (Phi) is 6.22. The van der Waals surface area contributed by atoms with Crippen LogP contribution in [0.15, 0.2) is 47.4 Å². The molecule has 0 radical (unpaired) electrons. The van der Waals surface area contributed by atoms with Crippen molar-refractivity contribution in [2.24, 2.45) is 0 Å². The van der Waals surface area contributed by atoms with Crippen LogP contribution in [0.4, 0.5) is 5.69 Å². The highest BCUT2D eigenvalue weighted by Gasteiger charge is 2.20. The number of nitrogens with one attached hydrogen (secondary N) is 1. The Hall–Kier alpha value is -2.87. The molecule has 2 aromatic rings. The lowest BCUT2D eigenvalue weighted by molar-refractivity contribution is 0.0601. The van der Waals surface area contributed by atoms with E-state index in [0.29, 0.717) is 5.75 Å². The maximum absolute atomic E-state index is 12.5. The summed E-state index contributed by atoms with van der Waals surface area (Å²) >= 11 is 0. The zero-order chi connectivity index (χ0) is 20.2. The first kappa shape index (κ1) is 20.4. The summed E-state index contributed by atoms with van der Waals surface area (Å²) in [6, 6.07) is 10.2. The van der Waals surface area contributed by atoms with Crippen LogP contribution in [0, 0.1) is 0 Å². The standard InChI is InChI=1S/C19H21NO6S/c1-12(2)27(23,24)15-8-5-13(6-9-15)18(21)20-17-10-7-14(25-3)11-16(17)19(22)26-4/h5-12H,1-4H3,(H,20,21). The molecule has 0 spiro atoms. The van der Waals surface area contributed by atoms with Crippen molar-refractivity contribution in [1.82, 2.24) is 0 Å². The van der Waals surface area contributed by atoms with Gasteiger partial charge in [0.05, 0.1) is 35.6 Å². The number of sulfone groups is 1. The number of methoxy groups -OCH3 is 2. The molecule has 0 saturated heterocycles. The smallest absolute Gasteiger partial charge is 0.340 e. The van der Waals surface area contributed by atoms with E-state index < -0.39 is 27.0 Å². The Morgan fingerprint density at radius 3 is 2.15 bits per heavy atom.